The maximum absolute atomic E-state index is 12.3. The van der Waals surface area contributed by atoms with Gasteiger partial charge in [0.05, 0.1) is 11.8 Å². The summed E-state index contributed by atoms with van der Waals surface area (Å²) in [6, 6.07) is 7.00. The molecule has 0 aromatic heterocycles. The molecule has 0 radical (unpaired) electrons. The Labute approximate surface area is 141 Å². The van der Waals surface area contributed by atoms with E-state index in [0.29, 0.717) is 37.6 Å². The number of para-hydroxylation sites is 2. The number of carbonyl (C=O) groups excluding carboxylic acids is 3. The standard InChI is InChI=1S/C17H23N3O4/c1-12(2)24-15-7-5-4-6-14(15)18-16(22)17(23)20-10-8-19(9-11-20)13(3)21/h4-7,12H,8-11H2,1-3H3,(H,18,22). The van der Waals surface area contributed by atoms with E-state index in [4.69, 9.17) is 4.74 Å². The van der Waals surface area contributed by atoms with Crippen LogP contribution in [-0.2, 0) is 14.4 Å². The molecule has 1 aliphatic heterocycles. The van der Waals surface area contributed by atoms with E-state index in [9.17, 15) is 14.4 Å². The Kier molecular flexibility index (Phi) is 5.78. The molecule has 1 heterocycles. The van der Waals surface area contributed by atoms with Gasteiger partial charge >= 0.3 is 11.8 Å². The molecule has 0 saturated carbocycles. The smallest absolute Gasteiger partial charge is 0.314 e. The van der Waals surface area contributed by atoms with Gasteiger partial charge in [-0.3, -0.25) is 14.4 Å². The van der Waals surface area contributed by atoms with Crippen molar-refractivity contribution in [2.24, 2.45) is 0 Å². The number of nitrogens with one attached hydrogen (secondary N) is 1. The zero-order valence-corrected chi connectivity index (χ0v) is 14.2. The Hall–Kier alpha value is -2.57. The summed E-state index contributed by atoms with van der Waals surface area (Å²) in [5, 5.41) is 2.61. The molecular weight excluding hydrogens is 310 g/mol. The summed E-state index contributed by atoms with van der Waals surface area (Å²) in [5.74, 6) is -0.801. The summed E-state index contributed by atoms with van der Waals surface area (Å²) < 4.78 is 5.63. The fraction of sp³-hybridized carbons (Fsp3) is 0.471. The molecule has 3 amide bonds. The van der Waals surface area contributed by atoms with Gasteiger partial charge < -0.3 is 19.9 Å². The van der Waals surface area contributed by atoms with Gasteiger partial charge in [-0.15, -0.1) is 0 Å². The maximum atomic E-state index is 12.3. The molecule has 7 heteroatoms. The van der Waals surface area contributed by atoms with Crippen molar-refractivity contribution in [3.63, 3.8) is 0 Å². The minimum atomic E-state index is -0.703. The van der Waals surface area contributed by atoms with Gasteiger partial charge in [-0.25, -0.2) is 0 Å². The van der Waals surface area contributed by atoms with Crippen LogP contribution in [0.25, 0.3) is 0 Å². The summed E-state index contributed by atoms with van der Waals surface area (Å²) in [5.41, 5.74) is 0.465. The van der Waals surface area contributed by atoms with Crippen LogP contribution in [0.5, 0.6) is 5.75 Å². The average molecular weight is 333 g/mol. The van der Waals surface area contributed by atoms with Crippen molar-refractivity contribution < 1.29 is 19.1 Å². The third-order valence-corrected chi connectivity index (χ3v) is 3.70. The first-order valence-electron chi connectivity index (χ1n) is 8.00. The summed E-state index contributed by atoms with van der Waals surface area (Å²) >= 11 is 0. The third-order valence-electron chi connectivity index (χ3n) is 3.70. The number of amides is 3. The van der Waals surface area contributed by atoms with Gasteiger partial charge in [-0.05, 0) is 26.0 Å². The molecule has 0 spiro atoms. The van der Waals surface area contributed by atoms with Gasteiger partial charge in [-0.2, -0.15) is 0 Å². The largest absolute Gasteiger partial charge is 0.489 e. The van der Waals surface area contributed by atoms with Gasteiger partial charge in [0.2, 0.25) is 5.91 Å². The average Bonchev–Trinajstić information content (AvgIpc) is 2.55. The number of ether oxygens (including phenoxy) is 1. The SMILES string of the molecule is CC(=O)N1CCN(C(=O)C(=O)Nc2ccccc2OC(C)C)CC1. The summed E-state index contributed by atoms with van der Waals surface area (Å²) in [7, 11) is 0. The highest BCUT2D eigenvalue weighted by atomic mass is 16.5. The molecule has 1 N–H and O–H groups in total. The second-order valence-electron chi connectivity index (χ2n) is 5.92. The van der Waals surface area contributed by atoms with Crippen molar-refractivity contribution in [2.45, 2.75) is 26.9 Å². The number of hydrogen-bond acceptors (Lipinski definition) is 4. The monoisotopic (exact) mass is 333 g/mol. The van der Waals surface area contributed by atoms with E-state index < -0.39 is 11.8 Å². The molecule has 0 atom stereocenters. The number of piperazine rings is 1. The molecule has 1 fully saturated rings. The molecule has 1 saturated heterocycles. The van der Waals surface area contributed by atoms with Gasteiger partial charge in [-0.1, -0.05) is 12.1 Å². The first-order chi connectivity index (χ1) is 11.4. The van der Waals surface area contributed by atoms with E-state index in [1.54, 1.807) is 29.2 Å². The summed E-state index contributed by atoms with van der Waals surface area (Å²) in [6.07, 6.45) is -0.0431. The molecule has 7 nitrogen and oxygen atoms in total. The Morgan fingerprint density at radius 3 is 2.21 bits per heavy atom. The predicted octanol–water partition coefficient (Wildman–Crippen LogP) is 1.10. The molecule has 1 aromatic rings. The lowest BCUT2D eigenvalue weighted by Gasteiger charge is -2.33. The molecule has 24 heavy (non-hydrogen) atoms. The molecule has 130 valence electrons. The molecule has 0 bridgehead atoms. The van der Waals surface area contributed by atoms with Crippen LogP contribution in [0.2, 0.25) is 0 Å². The lowest BCUT2D eigenvalue weighted by molar-refractivity contribution is -0.145. The minimum absolute atomic E-state index is 0.0219. The molecule has 2 rings (SSSR count). The number of benzene rings is 1. The topological polar surface area (TPSA) is 79.0 Å². The highest BCUT2D eigenvalue weighted by molar-refractivity contribution is 6.39. The lowest BCUT2D eigenvalue weighted by Crippen LogP contribution is -2.52. The van der Waals surface area contributed by atoms with Crippen molar-refractivity contribution in [2.75, 3.05) is 31.5 Å². The van der Waals surface area contributed by atoms with E-state index >= 15 is 0 Å². The molecule has 0 aliphatic carbocycles. The second kappa shape index (κ2) is 7.81. The van der Waals surface area contributed by atoms with Crippen LogP contribution in [0.15, 0.2) is 24.3 Å². The van der Waals surface area contributed by atoms with Gasteiger partial charge in [0.15, 0.2) is 0 Å². The van der Waals surface area contributed by atoms with Crippen LogP contribution < -0.4 is 10.1 Å². The van der Waals surface area contributed by atoms with Crippen molar-refractivity contribution in [1.29, 1.82) is 0 Å². The van der Waals surface area contributed by atoms with Crippen molar-refractivity contribution in [3.8, 4) is 5.75 Å². The highest BCUT2D eigenvalue weighted by Crippen LogP contribution is 2.24. The zero-order valence-electron chi connectivity index (χ0n) is 14.2. The number of carbonyl (C=O) groups is 3. The van der Waals surface area contributed by atoms with Crippen LogP contribution in [0.3, 0.4) is 0 Å². The molecule has 0 unspecified atom stereocenters. The Bertz CT molecular complexity index is 622. The van der Waals surface area contributed by atoms with Gasteiger partial charge in [0.1, 0.15) is 5.75 Å². The first-order valence-corrected chi connectivity index (χ1v) is 8.00. The van der Waals surface area contributed by atoms with Crippen LogP contribution in [0, 0.1) is 0 Å². The van der Waals surface area contributed by atoms with E-state index in [1.807, 2.05) is 13.8 Å². The fourth-order valence-corrected chi connectivity index (χ4v) is 2.47. The lowest BCUT2D eigenvalue weighted by atomic mass is 10.2. The Balaban J connectivity index is 1.98. The fourth-order valence-electron chi connectivity index (χ4n) is 2.47. The highest BCUT2D eigenvalue weighted by Gasteiger charge is 2.27. The predicted molar refractivity (Wildman–Crippen MR) is 89.7 cm³/mol. The van der Waals surface area contributed by atoms with Crippen molar-refractivity contribution in [3.05, 3.63) is 24.3 Å². The quantitative estimate of drug-likeness (QED) is 0.840. The van der Waals surface area contributed by atoms with Gasteiger partial charge in [0.25, 0.3) is 0 Å². The molecule has 1 aromatic carbocycles. The maximum Gasteiger partial charge on any atom is 0.314 e. The Morgan fingerprint density at radius 2 is 1.62 bits per heavy atom. The van der Waals surface area contributed by atoms with E-state index in [0.717, 1.165) is 0 Å². The second-order valence-corrected chi connectivity index (χ2v) is 5.92. The minimum Gasteiger partial charge on any atom is -0.489 e. The number of anilines is 1. The Morgan fingerprint density at radius 1 is 1.04 bits per heavy atom. The van der Waals surface area contributed by atoms with E-state index in [1.165, 1.54) is 11.8 Å². The molecule has 1 aliphatic rings. The van der Waals surface area contributed by atoms with Gasteiger partial charge in [0, 0.05) is 33.1 Å². The zero-order chi connectivity index (χ0) is 17.7. The third kappa shape index (κ3) is 4.47. The number of rotatable bonds is 3. The number of nitrogens with zero attached hydrogens (tertiary/aromatic N) is 2. The first kappa shape index (κ1) is 17.8. The van der Waals surface area contributed by atoms with Crippen LogP contribution in [-0.4, -0.2) is 59.8 Å². The van der Waals surface area contributed by atoms with Crippen LogP contribution >= 0.6 is 0 Å². The van der Waals surface area contributed by atoms with Crippen molar-refractivity contribution >= 4 is 23.4 Å². The summed E-state index contributed by atoms with van der Waals surface area (Å²) in [6.45, 7) is 6.88. The van der Waals surface area contributed by atoms with Crippen molar-refractivity contribution in [1.82, 2.24) is 9.80 Å². The molecular formula is C17H23N3O4. The normalized spacial score (nSPS) is 14.5. The number of hydrogen-bond donors (Lipinski definition) is 1. The van der Waals surface area contributed by atoms with Crippen LogP contribution in [0.1, 0.15) is 20.8 Å². The summed E-state index contributed by atoms with van der Waals surface area (Å²) in [4.78, 5) is 38.9. The van der Waals surface area contributed by atoms with E-state index in [-0.39, 0.29) is 12.0 Å². The van der Waals surface area contributed by atoms with E-state index in [2.05, 4.69) is 5.32 Å². The van der Waals surface area contributed by atoms with Crippen LogP contribution in [0.4, 0.5) is 5.69 Å².